The number of carbonyl (C=O) groups is 1. The third kappa shape index (κ3) is 4.17. The first-order valence-electron chi connectivity index (χ1n) is 5.70. The van der Waals surface area contributed by atoms with Crippen molar-refractivity contribution in [3.8, 4) is 0 Å². The number of benzene rings is 1. The smallest absolute Gasteiger partial charge is 0.251 e. The number of rotatable bonds is 6. The van der Waals surface area contributed by atoms with Gasteiger partial charge in [0, 0.05) is 12.7 Å². The summed E-state index contributed by atoms with van der Waals surface area (Å²) in [7, 11) is 1.62. The van der Waals surface area contributed by atoms with Crippen molar-refractivity contribution < 1.29 is 14.6 Å². The Kier molecular flexibility index (Phi) is 5.66. The van der Waals surface area contributed by atoms with Crippen LogP contribution in [0, 0.1) is 0 Å². The van der Waals surface area contributed by atoms with E-state index in [4.69, 9.17) is 9.84 Å². The van der Waals surface area contributed by atoms with Gasteiger partial charge in [-0.3, -0.25) is 4.79 Å². The van der Waals surface area contributed by atoms with E-state index in [9.17, 15) is 4.79 Å². The Labute approximate surface area is 102 Å². The zero-order valence-corrected chi connectivity index (χ0v) is 10.3. The van der Waals surface area contributed by atoms with Gasteiger partial charge in [-0.25, -0.2) is 0 Å². The molecule has 4 nitrogen and oxygen atoms in total. The van der Waals surface area contributed by atoms with E-state index in [0.717, 1.165) is 5.56 Å². The van der Waals surface area contributed by atoms with E-state index in [2.05, 4.69) is 5.32 Å². The summed E-state index contributed by atoms with van der Waals surface area (Å²) in [4.78, 5) is 11.9. The maximum absolute atomic E-state index is 11.9. The van der Waals surface area contributed by atoms with Gasteiger partial charge in [0.15, 0.2) is 0 Å². The Morgan fingerprint density at radius 2 is 2.29 bits per heavy atom. The topological polar surface area (TPSA) is 58.6 Å². The van der Waals surface area contributed by atoms with Crippen molar-refractivity contribution in [2.45, 2.75) is 26.0 Å². The molecule has 0 heterocycles. The van der Waals surface area contributed by atoms with Gasteiger partial charge in [0.2, 0.25) is 0 Å². The molecule has 0 saturated carbocycles. The molecule has 17 heavy (non-hydrogen) atoms. The first kappa shape index (κ1) is 13.7. The van der Waals surface area contributed by atoms with Crippen LogP contribution in [0.25, 0.3) is 0 Å². The highest BCUT2D eigenvalue weighted by atomic mass is 16.5. The molecule has 1 amide bonds. The van der Waals surface area contributed by atoms with Crippen LogP contribution in [-0.2, 0) is 11.3 Å². The van der Waals surface area contributed by atoms with Crippen molar-refractivity contribution in [2.24, 2.45) is 0 Å². The van der Waals surface area contributed by atoms with Crippen LogP contribution in [0.15, 0.2) is 24.3 Å². The van der Waals surface area contributed by atoms with Crippen LogP contribution in [0.1, 0.15) is 29.3 Å². The zero-order valence-electron chi connectivity index (χ0n) is 10.3. The molecule has 0 spiro atoms. The van der Waals surface area contributed by atoms with Gasteiger partial charge in [0.05, 0.1) is 19.3 Å². The molecule has 2 N–H and O–H groups in total. The maximum atomic E-state index is 11.9. The molecule has 0 unspecified atom stereocenters. The van der Waals surface area contributed by atoms with Crippen LogP contribution >= 0.6 is 0 Å². The predicted molar refractivity (Wildman–Crippen MR) is 65.8 cm³/mol. The van der Waals surface area contributed by atoms with E-state index in [1.165, 1.54) is 0 Å². The summed E-state index contributed by atoms with van der Waals surface area (Å²) in [5.41, 5.74) is 1.55. The van der Waals surface area contributed by atoms with Gasteiger partial charge in [-0.1, -0.05) is 19.1 Å². The maximum Gasteiger partial charge on any atom is 0.251 e. The van der Waals surface area contributed by atoms with Crippen molar-refractivity contribution in [2.75, 3.05) is 13.7 Å². The lowest BCUT2D eigenvalue weighted by Gasteiger charge is -2.14. The third-order valence-corrected chi connectivity index (χ3v) is 2.55. The molecule has 0 bridgehead atoms. The number of nitrogens with one attached hydrogen (secondary N) is 1. The highest BCUT2D eigenvalue weighted by Crippen LogP contribution is 2.07. The summed E-state index contributed by atoms with van der Waals surface area (Å²) < 4.78 is 5.01. The van der Waals surface area contributed by atoms with Crippen LogP contribution in [0.5, 0.6) is 0 Å². The lowest BCUT2D eigenvalue weighted by atomic mass is 10.1. The quantitative estimate of drug-likeness (QED) is 0.784. The number of methoxy groups -OCH3 is 1. The first-order chi connectivity index (χ1) is 8.21. The fourth-order valence-corrected chi connectivity index (χ4v) is 1.51. The van der Waals surface area contributed by atoms with E-state index in [1.54, 1.807) is 19.2 Å². The van der Waals surface area contributed by atoms with Crippen LogP contribution in [0.4, 0.5) is 0 Å². The van der Waals surface area contributed by atoms with E-state index >= 15 is 0 Å². The average Bonchev–Trinajstić information content (AvgIpc) is 2.36. The van der Waals surface area contributed by atoms with E-state index in [-0.39, 0.29) is 18.6 Å². The molecule has 4 heteroatoms. The number of aliphatic hydroxyl groups is 1. The van der Waals surface area contributed by atoms with Crippen LogP contribution < -0.4 is 5.32 Å². The molecule has 1 rings (SSSR count). The molecule has 1 atom stereocenters. The minimum Gasteiger partial charge on any atom is -0.394 e. The van der Waals surface area contributed by atoms with Crippen LogP contribution in [-0.4, -0.2) is 30.8 Å². The van der Waals surface area contributed by atoms with Crippen molar-refractivity contribution in [1.29, 1.82) is 0 Å². The second-order valence-corrected chi connectivity index (χ2v) is 3.89. The lowest BCUT2D eigenvalue weighted by molar-refractivity contribution is 0.0914. The highest BCUT2D eigenvalue weighted by Gasteiger charge is 2.11. The molecule has 0 aliphatic heterocycles. The number of hydrogen-bond donors (Lipinski definition) is 2. The Balaban J connectivity index is 2.71. The lowest BCUT2D eigenvalue weighted by Crippen LogP contribution is -2.36. The Morgan fingerprint density at radius 3 is 2.88 bits per heavy atom. The minimum atomic E-state index is -0.186. The standard InChI is InChI=1S/C13H19NO3/c1-3-12(8-15)14-13(16)11-6-4-5-10(7-11)9-17-2/h4-7,12,15H,3,8-9H2,1-2H3,(H,14,16)/t12-/m1/s1. The normalized spacial score (nSPS) is 12.2. The molecular weight excluding hydrogens is 218 g/mol. The van der Waals surface area contributed by atoms with Crippen molar-refractivity contribution in [1.82, 2.24) is 5.32 Å². The number of hydrogen-bond acceptors (Lipinski definition) is 3. The van der Waals surface area contributed by atoms with Gasteiger partial charge in [-0.2, -0.15) is 0 Å². The van der Waals surface area contributed by atoms with Crippen molar-refractivity contribution in [3.05, 3.63) is 35.4 Å². The largest absolute Gasteiger partial charge is 0.394 e. The number of carbonyl (C=O) groups excluding carboxylic acids is 1. The molecule has 0 fully saturated rings. The summed E-state index contributed by atoms with van der Waals surface area (Å²) in [5.74, 6) is -0.163. The second-order valence-electron chi connectivity index (χ2n) is 3.89. The van der Waals surface area contributed by atoms with Gasteiger partial charge in [0.1, 0.15) is 0 Å². The first-order valence-corrected chi connectivity index (χ1v) is 5.70. The Bertz CT molecular complexity index is 361. The summed E-state index contributed by atoms with van der Waals surface area (Å²) in [6.07, 6.45) is 0.708. The van der Waals surface area contributed by atoms with Crippen molar-refractivity contribution in [3.63, 3.8) is 0 Å². The molecule has 0 aliphatic rings. The van der Waals surface area contributed by atoms with E-state index in [1.807, 2.05) is 19.1 Å². The predicted octanol–water partition coefficient (Wildman–Crippen LogP) is 1.33. The molecule has 0 aromatic heterocycles. The molecule has 0 aliphatic carbocycles. The summed E-state index contributed by atoms with van der Waals surface area (Å²) in [6.45, 7) is 2.36. The summed E-state index contributed by atoms with van der Waals surface area (Å²) in [6, 6.07) is 7.09. The van der Waals surface area contributed by atoms with Gasteiger partial charge in [0.25, 0.3) is 5.91 Å². The molecule has 1 aromatic rings. The monoisotopic (exact) mass is 237 g/mol. The molecule has 1 aromatic carbocycles. The van der Waals surface area contributed by atoms with Gasteiger partial charge in [-0.15, -0.1) is 0 Å². The SMILES string of the molecule is CC[C@H](CO)NC(=O)c1cccc(COC)c1. The number of aliphatic hydroxyl groups excluding tert-OH is 1. The van der Waals surface area contributed by atoms with Crippen LogP contribution in [0.3, 0.4) is 0 Å². The van der Waals surface area contributed by atoms with E-state index in [0.29, 0.717) is 18.6 Å². The molecule has 94 valence electrons. The summed E-state index contributed by atoms with van der Waals surface area (Å²) >= 11 is 0. The number of ether oxygens (including phenoxy) is 1. The highest BCUT2D eigenvalue weighted by molar-refractivity contribution is 5.94. The van der Waals surface area contributed by atoms with Crippen molar-refractivity contribution >= 4 is 5.91 Å². The average molecular weight is 237 g/mol. The summed E-state index contributed by atoms with van der Waals surface area (Å²) in [5, 5.41) is 11.8. The van der Waals surface area contributed by atoms with Gasteiger partial charge in [-0.05, 0) is 24.1 Å². The molecular formula is C13H19NO3. The fraction of sp³-hybridized carbons (Fsp3) is 0.462. The molecule has 0 radical (unpaired) electrons. The molecule has 0 saturated heterocycles. The Hall–Kier alpha value is -1.39. The van der Waals surface area contributed by atoms with E-state index < -0.39 is 0 Å². The zero-order chi connectivity index (χ0) is 12.7. The fourth-order valence-electron chi connectivity index (χ4n) is 1.51. The third-order valence-electron chi connectivity index (χ3n) is 2.55. The minimum absolute atomic E-state index is 0.0417. The van der Waals surface area contributed by atoms with Gasteiger partial charge < -0.3 is 15.2 Å². The van der Waals surface area contributed by atoms with Crippen LogP contribution in [0.2, 0.25) is 0 Å². The van der Waals surface area contributed by atoms with Gasteiger partial charge >= 0.3 is 0 Å². The Morgan fingerprint density at radius 1 is 1.53 bits per heavy atom. The second kappa shape index (κ2) is 7.04. The number of amides is 1.